The number of sulfonamides is 1. The van der Waals surface area contributed by atoms with E-state index < -0.39 is 16.0 Å². The molecule has 1 heterocycles. The zero-order chi connectivity index (χ0) is 15.6. The Hall–Kier alpha value is -1.45. The van der Waals surface area contributed by atoms with Crippen LogP contribution < -0.4 is 5.32 Å². The van der Waals surface area contributed by atoms with E-state index in [0.29, 0.717) is 0 Å². The van der Waals surface area contributed by atoms with Gasteiger partial charge in [-0.05, 0) is 24.3 Å². The van der Waals surface area contributed by atoms with Crippen LogP contribution in [-0.2, 0) is 19.6 Å². The highest BCUT2D eigenvalue weighted by atomic mass is 32.2. The highest BCUT2D eigenvalue weighted by Crippen LogP contribution is 2.25. The molecule has 0 aromatic carbocycles. The number of methoxy groups -OCH3 is 1. The first-order valence-electron chi connectivity index (χ1n) is 6.27. The number of amides is 1. The first kappa shape index (κ1) is 15.9. The SMILES string of the molecule is COC(=O)c1sccc1S(=O)(=O)N(C)CC(=O)NC1CC1. The number of carbonyl (C=O) groups is 2. The lowest BCUT2D eigenvalue weighted by molar-refractivity contribution is -0.121. The van der Waals surface area contributed by atoms with E-state index in [2.05, 4.69) is 10.1 Å². The number of hydrogen-bond donors (Lipinski definition) is 1. The maximum atomic E-state index is 12.4. The van der Waals surface area contributed by atoms with Gasteiger partial charge in [0.25, 0.3) is 0 Å². The second kappa shape index (κ2) is 6.12. The highest BCUT2D eigenvalue weighted by molar-refractivity contribution is 7.89. The van der Waals surface area contributed by atoms with Crippen molar-refractivity contribution in [3.8, 4) is 0 Å². The Bertz CT molecular complexity index is 648. The van der Waals surface area contributed by atoms with Crippen molar-refractivity contribution >= 4 is 33.2 Å². The van der Waals surface area contributed by atoms with Gasteiger partial charge in [-0.2, -0.15) is 4.31 Å². The van der Waals surface area contributed by atoms with Crippen molar-refractivity contribution in [1.29, 1.82) is 0 Å². The smallest absolute Gasteiger partial charge is 0.349 e. The predicted octanol–water partition coefficient (Wildman–Crippen LogP) is 0.434. The van der Waals surface area contributed by atoms with E-state index in [9.17, 15) is 18.0 Å². The van der Waals surface area contributed by atoms with Gasteiger partial charge in [-0.25, -0.2) is 13.2 Å². The summed E-state index contributed by atoms with van der Waals surface area (Å²) < 4.78 is 30.3. The Morgan fingerprint density at radius 3 is 2.71 bits per heavy atom. The molecular weight excluding hydrogens is 316 g/mol. The molecule has 1 N–H and O–H groups in total. The Balaban J connectivity index is 2.14. The van der Waals surface area contributed by atoms with Crippen molar-refractivity contribution < 1.29 is 22.7 Å². The van der Waals surface area contributed by atoms with Crippen LogP contribution >= 0.6 is 11.3 Å². The highest BCUT2D eigenvalue weighted by Gasteiger charge is 2.30. The summed E-state index contributed by atoms with van der Waals surface area (Å²) in [6.07, 6.45) is 1.86. The lowest BCUT2D eigenvalue weighted by atomic mass is 10.5. The fourth-order valence-electron chi connectivity index (χ4n) is 1.70. The van der Waals surface area contributed by atoms with Crippen LogP contribution in [0.15, 0.2) is 16.3 Å². The molecule has 0 spiro atoms. The Labute approximate surface area is 126 Å². The Morgan fingerprint density at radius 1 is 1.48 bits per heavy atom. The van der Waals surface area contributed by atoms with Gasteiger partial charge in [0.05, 0.1) is 13.7 Å². The molecule has 0 aliphatic heterocycles. The van der Waals surface area contributed by atoms with E-state index in [1.807, 2.05) is 0 Å². The molecule has 9 heteroatoms. The number of hydrogen-bond acceptors (Lipinski definition) is 6. The number of nitrogens with zero attached hydrogens (tertiary/aromatic N) is 1. The van der Waals surface area contributed by atoms with Gasteiger partial charge in [0.2, 0.25) is 15.9 Å². The summed E-state index contributed by atoms with van der Waals surface area (Å²) in [4.78, 5) is 23.1. The topological polar surface area (TPSA) is 92.8 Å². The van der Waals surface area contributed by atoms with Gasteiger partial charge in [-0.15, -0.1) is 11.3 Å². The van der Waals surface area contributed by atoms with Gasteiger partial charge in [-0.1, -0.05) is 0 Å². The molecule has 1 amide bonds. The average molecular weight is 332 g/mol. The van der Waals surface area contributed by atoms with E-state index in [1.165, 1.54) is 25.6 Å². The van der Waals surface area contributed by atoms with Crippen LogP contribution in [0.25, 0.3) is 0 Å². The molecule has 0 saturated heterocycles. The van der Waals surface area contributed by atoms with E-state index in [0.717, 1.165) is 28.5 Å². The molecule has 2 rings (SSSR count). The summed E-state index contributed by atoms with van der Waals surface area (Å²) in [5.41, 5.74) is 0. The number of likely N-dealkylation sites (N-methyl/N-ethyl adjacent to an activating group) is 1. The fourth-order valence-corrected chi connectivity index (χ4v) is 4.13. The zero-order valence-corrected chi connectivity index (χ0v) is 13.3. The predicted molar refractivity (Wildman–Crippen MR) is 76.6 cm³/mol. The average Bonchev–Trinajstić information content (AvgIpc) is 3.08. The minimum Gasteiger partial charge on any atom is -0.465 e. The number of thiophene rings is 1. The van der Waals surface area contributed by atoms with Crippen molar-refractivity contribution in [2.75, 3.05) is 20.7 Å². The van der Waals surface area contributed by atoms with Crippen molar-refractivity contribution in [2.45, 2.75) is 23.8 Å². The molecule has 0 unspecified atom stereocenters. The van der Waals surface area contributed by atoms with Crippen LogP contribution in [0.4, 0.5) is 0 Å². The molecule has 1 aromatic heterocycles. The summed E-state index contributed by atoms with van der Waals surface area (Å²) >= 11 is 0.985. The summed E-state index contributed by atoms with van der Waals surface area (Å²) in [6, 6.07) is 1.50. The van der Waals surface area contributed by atoms with Crippen molar-refractivity contribution in [1.82, 2.24) is 9.62 Å². The minimum absolute atomic E-state index is 0.00644. The first-order valence-corrected chi connectivity index (χ1v) is 8.59. The number of esters is 1. The third-order valence-corrected chi connectivity index (χ3v) is 5.87. The van der Waals surface area contributed by atoms with E-state index in [4.69, 9.17) is 0 Å². The first-order chi connectivity index (χ1) is 9.86. The van der Waals surface area contributed by atoms with E-state index in [1.54, 1.807) is 0 Å². The summed E-state index contributed by atoms with van der Waals surface area (Å²) in [5.74, 6) is -1.06. The molecule has 1 aliphatic carbocycles. The van der Waals surface area contributed by atoms with Crippen LogP contribution in [0, 0.1) is 0 Å². The fraction of sp³-hybridized carbons (Fsp3) is 0.500. The number of carbonyl (C=O) groups excluding carboxylic acids is 2. The maximum absolute atomic E-state index is 12.4. The van der Waals surface area contributed by atoms with Crippen LogP contribution in [-0.4, -0.2) is 51.3 Å². The number of nitrogens with one attached hydrogen (secondary N) is 1. The second-order valence-electron chi connectivity index (χ2n) is 4.71. The Kier molecular flexibility index (Phi) is 4.64. The molecular formula is C12H16N2O5S2. The van der Waals surface area contributed by atoms with Crippen molar-refractivity contribution in [3.05, 3.63) is 16.3 Å². The lowest BCUT2D eigenvalue weighted by Gasteiger charge is -2.16. The van der Waals surface area contributed by atoms with Crippen molar-refractivity contribution in [2.24, 2.45) is 0 Å². The quantitative estimate of drug-likeness (QED) is 0.763. The second-order valence-corrected chi connectivity index (χ2v) is 7.64. The van der Waals surface area contributed by atoms with Gasteiger partial charge in [0.1, 0.15) is 9.77 Å². The maximum Gasteiger partial charge on any atom is 0.349 e. The van der Waals surface area contributed by atoms with Gasteiger partial charge < -0.3 is 10.1 Å². The molecule has 1 aromatic rings. The molecule has 21 heavy (non-hydrogen) atoms. The largest absolute Gasteiger partial charge is 0.465 e. The zero-order valence-electron chi connectivity index (χ0n) is 11.7. The van der Waals surface area contributed by atoms with Crippen LogP contribution in [0.3, 0.4) is 0 Å². The van der Waals surface area contributed by atoms with Gasteiger partial charge in [0.15, 0.2) is 0 Å². The molecule has 0 atom stereocenters. The van der Waals surface area contributed by atoms with Gasteiger partial charge in [-0.3, -0.25) is 4.79 Å². The van der Waals surface area contributed by atoms with E-state index >= 15 is 0 Å². The normalized spacial score (nSPS) is 15.0. The minimum atomic E-state index is -3.91. The van der Waals surface area contributed by atoms with Gasteiger partial charge >= 0.3 is 5.97 Å². The lowest BCUT2D eigenvalue weighted by Crippen LogP contribution is -2.39. The van der Waals surface area contributed by atoms with E-state index in [-0.39, 0.29) is 28.3 Å². The van der Waals surface area contributed by atoms with Crippen LogP contribution in [0.2, 0.25) is 0 Å². The van der Waals surface area contributed by atoms with Crippen LogP contribution in [0.5, 0.6) is 0 Å². The molecule has 0 bridgehead atoms. The summed E-state index contributed by atoms with van der Waals surface area (Å²) in [5, 5.41) is 4.21. The third kappa shape index (κ3) is 3.60. The number of rotatable bonds is 6. The molecule has 116 valence electrons. The Morgan fingerprint density at radius 2 is 2.14 bits per heavy atom. The molecule has 7 nitrogen and oxygen atoms in total. The monoisotopic (exact) mass is 332 g/mol. The number of ether oxygens (including phenoxy) is 1. The summed E-state index contributed by atoms with van der Waals surface area (Å²) in [7, 11) is -1.42. The molecule has 0 radical (unpaired) electrons. The van der Waals surface area contributed by atoms with Crippen molar-refractivity contribution in [3.63, 3.8) is 0 Å². The standard InChI is InChI=1S/C12H16N2O5S2/c1-14(7-10(15)13-8-3-4-8)21(17,18)9-5-6-20-11(9)12(16)19-2/h5-6,8H,3-4,7H2,1-2H3,(H,13,15). The molecule has 1 fully saturated rings. The van der Waals surface area contributed by atoms with Gasteiger partial charge in [0, 0.05) is 13.1 Å². The molecule has 1 aliphatic rings. The molecule has 1 saturated carbocycles. The summed E-state index contributed by atoms with van der Waals surface area (Å²) in [6.45, 7) is -0.282. The van der Waals surface area contributed by atoms with Crippen LogP contribution in [0.1, 0.15) is 22.5 Å². The third-order valence-electron chi connectivity index (χ3n) is 3.00.